The minimum atomic E-state index is -0.176. The van der Waals surface area contributed by atoms with Crippen LogP contribution in [0.2, 0.25) is 0 Å². The van der Waals surface area contributed by atoms with Gasteiger partial charge in [0.2, 0.25) is 0 Å². The van der Waals surface area contributed by atoms with E-state index in [0.717, 1.165) is 0 Å². The molecule has 4 nitrogen and oxygen atoms in total. The van der Waals surface area contributed by atoms with Crippen LogP contribution in [0.25, 0.3) is 0 Å². The van der Waals surface area contributed by atoms with Crippen LogP contribution in [0.15, 0.2) is 24.3 Å². The second-order valence-corrected chi connectivity index (χ2v) is 3.08. The van der Waals surface area contributed by atoms with Gasteiger partial charge in [0.25, 0.3) is 5.91 Å². The predicted octanol–water partition coefficient (Wildman–Crippen LogP) is 0.966. The molecule has 4 heteroatoms. The number of carbonyl (C=O) groups is 2. The lowest BCUT2D eigenvalue weighted by Gasteiger charge is -2.13. The monoisotopic (exact) mass is 207 g/mol. The Labute approximate surface area is 88.5 Å². The Morgan fingerprint density at radius 2 is 2.00 bits per heavy atom. The zero-order valence-electron chi connectivity index (χ0n) is 8.77. The average Bonchev–Trinajstić information content (AvgIpc) is 2.28. The second-order valence-electron chi connectivity index (χ2n) is 3.08. The van der Waals surface area contributed by atoms with Gasteiger partial charge in [0, 0.05) is 12.6 Å². The molecule has 0 heterocycles. The van der Waals surface area contributed by atoms with Gasteiger partial charge in [-0.25, -0.2) is 0 Å². The Balaban J connectivity index is 2.77. The molecule has 0 N–H and O–H groups in total. The molecule has 1 rings (SSSR count). The van der Waals surface area contributed by atoms with E-state index in [1.54, 1.807) is 38.4 Å². The van der Waals surface area contributed by atoms with Gasteiger partial charge in [-0.1, -0.05) is 0 Å². The largest absolute Gasteiger partial charge is 0.497 e. The highest BCUT2D eigenvalue weighted by Crippen LogP contribution is 2.12. The molecule has 0 saturated heterocycles. The molecule has 0 fully saturated rings. The zero-order valence-corrected chi connectivity index (χ0v) is 8.77. The molecular weight excluding hydrogens is 194 g/mol. The number of benzene rings is 1. The molecule has 1 aromatic rings. The minimum absolute atomic E-state index is 0.102. The molecule has 80 valence electrons. The number of carbonyl (C=O) groups excluding carboxylic acids is 2. The van der Waals surface area contributed by atoms with E-state index in [9.17, 15) is 9.59 Å². The summed E-state index contributed by atoms with van der Waals surface area (Å²) in [5, 5.41) is 0. The number of hydrogen-bond acceptors (Lipinski definition) is 3. The van der Waals surface area contributed by atoms with E-state index in [1.807, 2.05) is 0 Å². The number of methoxy groups -OCH3 is 1. The summed E-state index contributed by atoms with van der Waals surface area (Å²) in [6.45, 7) is 0.102. The molecule has 0 aliphatic rings. The second kappa shape index (κ2) is 5.14. The summed E-state index contributed by atoms with van der Waals surface area (Å²) in [5.41, 5.74) is 0.542. The first-order valence-corrected chi connectivity index (χ1v) is 4.52. The molecule has 0 radical (unpaired) electrons. The first-order chi connectivity index (χ1) is 7.19. The highest BCUT2D eigenvalue weighted by Gasteiger charge is 2.10. The topological polar surface area (TPSA) is 46.6 Å². The third kappa shape index (κ3) is 2.80. The van der Waals surface area contributed by atoms with Crippen molar-refractivity contribution in [3.8, 4) is 5.75 Å². The van der Waals surface area contributed by atoms with Gasteiger partial charge in [0.1, 0.15) is 12.0 Å². The fourth-order valence-electron chi connectivity index (χ4n) is 1.15. The maximum absolute atomic E-state index is 11.7. The molecule has 0 aliphatic carbocycles. The minimum Gasteiger partial charge on any atom is -0.497 e. The van der Waals surface area contributed by atoms with Gasteiger partial charge in [0.05, 0.1) is 13.7 Å². The van der Waals surface area contributed by atoms with Crippen LogP contribution in [0.4, 0.5) is 0 Å². The molecule has 1 aromatic carbocycles. The number of ether oxygens (including phenoxy) is 1. The third-order valence-electron chi connectivity index (χ3n) is 2.03. The van der Waals surface area contributed by atoms with Crippen LogP contribution < -0.4 is 4.74 Å². The van der Waals surface area contributed by atoms with Crippen LogP contribution in [-0.2, 0) is 4.79 Å². The summed E-state index contributed by atoms with van der Waals surface area (Å²) >= 11 is 0. The molecule has 0 aliphatic heterocycles. The van der Waals surface area contributed by atoms with Gasteiger partial charge in [-0.2, -0.15) is 0 Å². The molecule has 1 amide bonds. The molecule has 0 spiro atoms. The molecule has 0 unspecified atom stereocenters. The normalized spacial score (nSPS) is 9.47. The van der Waals surface area contributed by atoms with Crippen molar-refractivity contribution in [3.63, 3.8) is 0 Å². The first kappa shape index (κ1) is 11.2. The molecular formula is C11H13NO3. The highest BCUT2D eigenvalue weighted by atomic mass is 16.5. The van der Waals surface area contributed by atoms with Crippen LogP contribution in [0.3, 0.4) is 0 Å². The molecule has 15 heavy (non-hydrogen) atoms. The standard InChI is InChI=1S/C11H13NO3/c1-12(7-8-13)11(14)9-3-5-10(15-2)6-4-9/h3-6,8H,7H2,1-2H3. The van der Waals surface area contributed by atoms with Crippen molar-refractivity contribution >= 4 is 12.2 Å². The predicted molar refractivity (Wildman–Crippen MR) is 56.0 cm³/mol. The Morgan fingerprint density at radius 3 is 2.47 bits per heavy atom. The van der Waals surface area contributed by atoms with E-state index in [4.69, 9.17) is 4.74 Å². The van der Waals surface area contributed by atoms with Crippen LogP contribution in [-0.4, -0.2) is 37.8 Å². The Hall–Kier alpha value is -1.84. The number of amides is 1. The maximum Gasteiger partial charge on any atom is 0.253 e. The van der Waals surface area contributed by atoms with Crippen LogP contribution in [0, 0.1) is 0 Å². The van der Waals surface area contributed by atoms with E-state index in [0.29, 0.717) is 17.6 Å². The number of nitrogens with zero attached hydrogens (tertiary/aromatic N) is 1. The summed E-state index contributed by atoms with van der Waals surface area (Å²) in [6.07, 6.45) is 0.696. The van der Waals surface area contributed by atoms with Crippen LogP contribution in [0.5, 0.6) is 5.75 Å². The quantitative estimate of drug-likeness (QED) is 0.691. The summed E-state index contributed by atoms with van der Waals surface area (Å²) in [4.78, 5) is 23.3. The van der Waals surface area contributed by atoms with Crippen molar-refractivity contribution in [3.05, 3.63) is 29.8 Å². The highest BCUT2D eigenvalue weighted by molar-refractivity contribution is 5.95. The average molecular weight is 207 g/mol. The summed E-state index contributed by atoms with van der Waals surface area (Å²) < 4.78 is 4.98. The van der Waals surface area contributed by atoms with Gasteiger partial charge in [0.15, 0.2) is 0 Å². The van der Waals surface area contributed by atoms with Crippen molar-refractivity contribution in [2.24, 2.45) is 0 Å². The van der Waals surface area contributed by atoms with Gasteiger partial charge >= 0.3 is 0 Å². The lowest BCUT2D eigenvalue weighted by molar-refractivity contribution is -0.108. The summed E-state index contributed by atoms with van der Waals surface area (Å²) in [6, 6.07) is 6.76. The first-order valence-electron chi connectivity index (χ1n) is 4.52. The van der Waals surface area contributed by atoms with Crippen LogP contribution in [0.1, 0.15) is 10.4 Å². The molecule has 0 saturated carbocycles. The fourth-order valence-corrected chi connectivity index (χ4v) is 1.15. The SMILES string of the molecule is COc1ccc(C(=O)N(C)CC=O)cc1. The zero-order chi connectivity index (χ0) is 11.3. The van der Waals surface area contributed by atoms with Crippen molar-refractivity contribution < 1.29 is 14.3 Å². The van der Waals surface area contributed by atoms with Crippen LogP contribution >= 0.6 is 0 Å². The Kier molecular flexibility index (Phi) is 3.85. The van der Waals surface area contributed by atoms with Gasteiger partial charge in [-0.3, -0.25) is 4.79 Å². The third-order valence-corrected chi connectivity index (χ3v) is 2.03. The van der Waals surface area contributed by atoms with Gasteiger partial charge in [-0.15, -0.1) is 0 Å². The number of aldehydes is 1. The number of rotatable bonds is 4. The Bertz CT molecular complexity index is 345. The summed E-state index contributed by atoms with van der Waals surface area (Å²) in [7, 11) is 3.15. The van der Waals surface area contributed by atoms with E-state index >= 15 is 0 Å². The van der Waals surface area contributed by atoms with E-state index in [1.165, 1.54) is 4.90 Å². The maximum atomic E-state index is 11.7. The van der Waals surface area contributed by atoms with Crippen molar-refractivity contribution in [2.45, 2.75) is 0 Å². The van der Waals surface area contributed by atoms with E-state index in [-0.39, 0.29) is 12.5 Å². The number of likely N-dealkylation sites (N-methyl/N-ethyl adjacent to an activating group) is 1. The van der Waals surface area contributed by atoms with Gasteiger partial charge < -0.3 is 14.4 Å². The number of hydrogen-bond donors (Lipinski definition) is 0. The Morgan fingerprint density at radius 1 is 1.40 bits per heavy atom. The van der Waals surface area contributed by atoms with Crippen molar-refractivity contribution in [2.75, 3.05) is 20.7 Å². The smallest absolute Gasteiger partial charge is 0.253 e. The summed E-state index contributed by atoms with van der Waals surface area (Å²) in [5.74, 6) is 0.523. The molecule has 0 aromatic heterocycles. The van der Waals surface area contributed by atoms with Gasteiger partial charge in [-0.05, 0) is 24.3 Å². The van der Waals surface area contributed by atoms with E-state index in [2.05, 4.69) is 0 Å². The van der Waals surface area contributed by atoms with Crippen molar-refractivity contribution in [1.29, 1.82) is 0 Å². The lowest BCUT2D eigenvalue weighted by atomic mass is 10.2. The van der Waals surface area contributed by atoms with Crippen molar-refractivity contribution in [1.82, 2.24) is 4.90 Å². The van der Waals surface area contributed by atoms with E-state index < -0.39 is 0 Å². The fraction of sp³-hybridized carbons (Fsp3) is 0.273. The lowest BCUT2D eigenvalue weighted by Crippen LogP contribution is -2.28. The molecule has 0 bridgehead atoms. The molecule has 0 atom stereocenters.